The topological polar surface area (TPSA) is 57.3 Å². The van der Waals surface area contributed by atoms with Gasteiger partial charge in [-0.05, 0) is 18.6 Å². The molecule has 21 heavy (non-hydrogen) atoms. The Bertz CT molecular complexity index is 408. The monoisotopic (exact) mass is 334 g/mol. The van der Waals surface area contributed by atoms with Gasteiger partial charge >= 0.3 is 0 Å². The van der Waals surface area contributed by atoms with E-state index in [2.05, 4.69) is 20.5 Å². The molecule has 2 N–H and O–H groups in total. The minimum Gasteiger partial charge on any atom is -0.355 e. The average molecular weight is 335 g/mol. The molecule has 2 heterocycles. The number of aromatic nitrogens is 1. The van der Waals surface area contributed by atoms with Crippen LogP contribution in [0.15, 0.2) is 18.3 Å². The van der Waals surface area contributed by atoms with Crippen LogP contribution in [0, 0.1) is 6.92 Å². The highest BCUT2D eigenvalue weighted by Gasteiger charge is 2.09. The number of pyridine rings is 1. The maximum atomic E-state index is 11.8. The number of piperazine rings is 1. The second-order valence-electron chi connectivity index (χ2n) is 4.93. The molecule has 0 aliphatic carbocycles. The van der Waals surface area contributed by atoms with Gasteiger partial charge in [-0.15, -0.1) is 24.8 Å². The molecular formula is C14H24Cl2N4O. The van der Waals surface area contributed by atoms with E-state index in [1.54, 1.807) is 6.20 Å². The van der Waals surface area contributed by atoms with Crippen LogP contribution in [-0.4, -0.2) is 55.1 Å². The van der Waals surface area contributed by atoms with E-state index >= 15 is 0 Å². The highest BCUT2D eigenvalue weighted by molar-refractivity contribution is 5.85. The summed E-state index contributed by atoms with van der Waals surface area (Å²) in [6.45, 7) is 7.82. The van der Waals surface area contributed by atoms with Crippen molar-refractivity contribution < 1.29 is 4.79 Å². The Balaban J connectivity index is 0.00000200. The van der Waals surface area contributed by atoms with Crippen molar-refractivity contribution >= 4 is 30.7 Å². The molecule has 1 amide bonds. The summed E-state index contributed by atoms with van der Waals surface area (Å²) in [5.74, 6) is 0.0702. The van der Waals surface area contributed by atoms with Gasteiger partial charge in [0.1, 0.15) is 0 Å². The van der Waals surface area contributed by atoms with E-state index in [4.69, 9.17) is 0 Å². The minimum absolute atomic E-state index is 0. The summed E-state index contributed by atoms with van der Waals surface area (Å²) in [5.41, 5.74) is 1.94. The van der Waals surface area contributed by atoms with E-state index in [9.17, 15) is 4.79 Å². The Morgan fingerprint density at radius 1 is 1.33 bits per heavy atom. The predicted molar refractivity (Wildman–Crippen MR) is 89.5 cm³/mol. The Kier molecular flexibility index (Phi) is 10.3. The van der Waals surface area contributed by atoms with Gasteiger partial charge in [0, 0.05) is 51.2 Å². The Hall–Kier alpha value is -0.880. The number of hydrogen-bond donors (Lipinski definition) is 2. The highest BCUT2D eigenvalue weighted by atomic mass is 35.5. The van der Waals surface area contributed by atoms with Gasteiger partial charge in [0.05, 0.1) is 6.42 Å². The number of aryl methyl sites for hydroxylation is 1. The molecule has 120 valence electrons. The lowest BCUT2D eigenvalue weighted by Gasteiger charge is -2.27. The van der Waals surface area contributed by atoms with E-state index in [-0.39, 0.29) is 30.7 Å². The van der Waals surface area contributed by atoms with Crippen molar-refractivity contribution in [2.75, 3.05) is 39.3 Å². The Morgan fingerprint density at radius 3 is 2.67 bits per heavy atom. The van der Waals surface area contributed by atoms with E-state index in [0.717, 1.165) is 50.5 Å². The third-order valence-corrected chi connectivity index (χ3v) is 3.30. The standard InChI is InChI=1S/C14H22N4O.2ClH/c1-12-2-3-13(11-17-12)10-14(19)16-6-9-18-7-4-15-5-8-18;;/h2-3,11,15H,4-10H2,1H3,(H,16,19);2*1H. The molecule has 1 saturated heterocycles. The first-order valence-corrected chi connectivity index (χ1v) is 6.85. The van der Waals surface area contributed by atoms with Crippen LogP contribution in [-0.2, 0) is 11.2 Å². The number of carbonyl (C=O) groups is 1. The molecule has 0 atom stereocenters. The normalized spacial score (nSPS) is 14.7. The zero-order chi connectivity index (χ0) is 13.5. The van der Waals surface area contributed by atoms with Gasteiger partial charge in [0.25, 0.3) is 0 Å². The molecule has 1 aromatic heterocycles. The van der Waals surface area contributed by atoms with Gasteiger partial charge in [0.2, 0.25) is 5.91 Å². The Labute approximate surface area is 138 Å². The molecule has 2 rings (SSSR count). The van der Waals surface area contributed by atoms with Crippen LogP contribution >= 0.6 is 24.8 Å². The first-order valence-electron chi connectivity index (χ1n) is 6.85. The molecule has 0 unspecified atom stereocenters. The van der Waals surface area contributed by atoms with E-state index in [1.165, 1.54) is 0 Å². The number of hydrogen-bond acceptors (Lipinski definition) is 4. The molecule has 5 nitrogen and oxygen atoms in total. The molecule has 1 aromatic rings. The van der Waals surface area contributed by atoms with Gasteiger partial charge in [-0.1, -0.05) is 6.07 Å². The van der Waals surface area contributed by atoms with Crippen molar-refractivity contribution in [1.82, 2.24) is 20.5 Å². The van der Waals surface area contributed by atoms with Crippen LogP contribution in [0.3, 0.4) is 0 Å². The molecule has 7 heteroatoms. The molecule has 0 bridgehead atoms. The predicted octanol–water partition coefficient (Wildman–Crippen LogP) is 0.798. The number of nitrogens with one attached hydrogen (secondary N) is 2. The summed E-state index contributed by atoms with van der Waals surface area (Å²) >= 11 is 0. The maximum Gasteiger partial charge on any atom is 0.224 e. The molecule has 0 aromatic carbocycles. The van der Waals surface area contributed by atoms with Crippen LogP contribution in [0.5, 0.6) is 0 Å². The zero-order valence-electron chi connectivity index (χ0n) is 12.3. The molecule has 1 aliphatic rings. The minimum atomic E-state index is 0. The SMILES string of the molecule is Cc1ccc(CC(=O)NCCN2CCNCC2)cn1.Cl.Cl. The van der Waals surface area contributed by atoms with Crippen molar-refractivity contribution in [2.45, 2.75) is 13.3 Å². The summed E-state index contributed by atoms with van der Waals surface area (Å²) in [5, 5.41) is 6.28. The summed E-state index contributed by atoms with van der Waals surface area (Å²) in [4.78, 5) is 18.3. The molecule has 1 aliphatic heterocycles. The molecule has 0 radical (unpaired) electrons. The summed E-state index contributed by atoms with van der Waals surface area (Å²) in [6, 6.07) is 3.89. The van der Waals surface area contributed by atoms with Crippen molar-refractivity contribution in [2.24, 2.45) is 0 Å². The summed E-state index contributed by atoms with van der Waals surface area (Å²) in [7, 11) is 0. The number of nitrogens with zero attached hydrogens (tertiary/aromatic N) is 2. The first kappa shape index (κ1) is 20.1. The van der Waals surface area contributed by atoms with E-state index in [0.29, 0.717) is 6.42 Å². The highest BCUT2D eigenvalue weighted by Crippen LogP contribution is 2.00. The lowest BCUT2D eigenvalue weighted by molar-refractivity contribution is -0.120. The van der Waals surface area contributed by atoms with Gasteiger partial charge in [-0.25, -0.2) is 0 Å². The van der Waals surface area contributed by atoms with Crippen molar-refractivity contribution in [3.05, 3.63) is 29.6 Å². The van der Waals surface area contributed by atoms with Gasteiger partial charge in [-0.2, -0.15) is 0 Å². The molecule has 0 spiro atoms. The van der Waals surface area contributed by atoms with Crippen molar-refractivity contribution in [1.29, 1.82) is 0 Å². The van der Waals surface area contributed by atoms with E-state index < -0.39 is 0 Å². The fourth-order valence-corrected chi connectivity index (χ4v) is 2.14. The average Bonchev–Trinajstić information content (AvgIpc) is 2.43. The molecule has 1 fully saturated rings. The third kappa shape index (κ3) is 7.62. The van der Waals surface area contributed by atoms with Gasteiger partial charge in [-0.3, -0.25) is 14.7 Å². The van der Waals surface area contributed by atoms with Crippen LogP contribution in [0.2, 0.25) is 0 Å². The van der Waals surface area contributed by atoms with Crippen LogP contribution in [0.25, 0.3) is 0 Å². The van der Waals surface area contributed by atoms with Crippen LogP contribution in [0.4, 0.5) is 0 Å². The Morgan fingerprint density at radius 2 is 2.05 bits per heavy atom. The summed E-state index contributed by atoms with van der Waals surface area (Å²) in [6.07, 6.45) is 2.18. The van der Waals surface area contributed by atoms with Gasteiger partial charge in [0.15, 0.2) is 0 Å². The van der Waals surface area contributed by atoms with E-state index in [1.807, 2.05) is 19.1 Å². The number of amides is 1. The second-order valence-corrected chi connectivity index (χ2v) is 4.93. The van der Waals surface area contributed by atoms with Crippen molar-refractivity contribution in [3.63, 3.8) is 0 Å². The fraction of sp³-hybridized carbons (Fsp3) is 0.571. The third-order valence-electron chi connectivity index (χ3n) is 3.30. The smallest absolute Gasteiger partial charge is 0.224 e. The zero-order valence-corrected chi connectivity index (χ0v) is 13.9. The fourth-order valence-electron chi connectivity index (χ4n) is 2.14. The van der Waals surface area contributed by atoms with Gasteiger partial charge < -0.3 is 10.6 Å². The quantitative estimate of drug-likeness (QED) is 0.836. The van der Waals surface area contributed by atoms with Crippen LogP contribution < -0.4 is 10.6 Å². The second kappa shape index (κ2) is 10.8. The lowest BCUT2D eigenvalue weighted by atomic mass is 10.2. The van der Waals surface area contributed by atoms with Crippen molar-refractivity contribution in [3.8, 4) is 0 Å². The molecule has 0 saturated carbocycles. The first-order chi connectivity index (χ1) is 9.24. The largest absolute Gasteiger partial charge is 0.355 e. The van der Waals surface area contributed by atoms with Crippen LogP contribution in [0.1, 0.15) is 11.3 Å². The molecular weight excluding hydrogens is 311 g/mol. The number of rotatable bonds is 5. The lowest BCUT2D eigenvalue weighted by Crippen LogP contribution is -2.46. The number of carbonyl (C=O) groups excluding carboxylic acids is 1. The summed E-state index contributed by atoms with van der Waals surface area (Å²) < 4.78 is 0. The number of halogens is 2. The maximum absolute atomic E-state index is 11.8.